The van der Waals surface area contributed by atoms with Crippen molar-refractivity contribution in [3.63, 3.8) is 0 Å². The van der Waals surface area contributed by atoms with Gasteiger partial charge < -0.3 is 4.74 Å². The number of ether oxygens (including phenoxy) is 1. The fraction of sp³-hybridized carbons (Fsp3) is 0.667. The molecule has 0 aromatic heterocycles. The van der Waals surface area contributed by atoms with Crippen LogP contribution >= 0.6 is 0 Å². The second kappa shape index (κ2) is 7.25. The minimum Gasteiger partial charge on any atom is -0.491 e. The summed E-state index contributed by atoms with van der Waals surface area (Å²) < 4.78 is 4.43. The summed E-state index contributed by atoms with van der Waals surface area (Å²) in [4.78, 5) is 10.5. The molecule has 0 aliphatic rings. The van der Waals surface area contributed by atoms with Crippen molar-refractivity contribution in [1.82, 2.24) is 0 Å². The Bertz CT molecular complexity index is 83.1. The van der Waals surface area contributed by atoms with Crippen molar-refractivity contribution in [2.24, 2.45) is 0 Å². The van der Waals surface area contributed by atoms with Crippen molar-refractivity contribution in [3.8, 4) is 0 Å². The summed E-state index contributed by atoms with van der Waals surface area (Å²) in [5.74, 6) is 0.569. The molecule has 0 rings (SSSR count). The smallest absolute Gasteiger partial charge is 0.491 e. The van der Waals surface area contributed by atoms with Gasteiger partial charge in [0.25, 0.3) is 0 Å². The number of hydrogen-bond acceptors (Lipinski definition) is 2. The summed E-state index contributed by atoms with van der Waals surface area (Å²) in [6, 6.07) is 0. The van der Waals surface area contributed by atoms with Gasteiger partial charge in [0.05, 0.1) is 7.11 Å². The number of esters is 1. The molecule has 2 nitrogen and oxygen atoms in total. The van der Waals surface area contributed by atoms with E-state index in [2.05, 4.69) is 4.74 Å². The molecular formula is C6H11O2Rb. The van der Waals surface area contributed by atoms with E-state index in [0.717, 1.165) is 12.3 Å². The molecule has 0 aliphatic heterocycles. The Morgan fingerprint density at radius 2 is 2.11 bits per heavy atom. The van der Waals surface area contributed by atoms with Crippen LogP contribution < -0.4 is 58.2 Å². The average molecular weight is 201 g/mol. The molecule has 0 N–H and O–H groups in total. The van der Waals surface area contributed by atoms with Crippen LogP contribution in [0.2, 0.25) is 0 Å². The summed E-state index contributed by atoms with van der Waals surface area (Å²) in [6.45, 7) is 3.69. The zero-order valence-electron chi connectivity index (χ0n) is 6.52. The standard InChI is InChI=1S/C6H11O2.Rb/c1-4-5(2)6(7)8-3;/h4H2,1-3H3;/q-1;+1. The Labute approximate surface area is 105 Å². The van der Waals surface area contributed by atoms with E-state index in [-0.39, 0.29) is 64.2 Å². The van der Waals surface area contributed by atoms with Gasteiger partial charge in [0.15, 0.2) is 5.97 Å². The first kappa shape index (κ1) is 12.8. The first-order valence-electron chi connectivity index (χ1n) is 2.63. The molecule has 0 fully saturated rings. The Morgan fingerprint density at radius 3 is 2.22 bits per heavy atom. The van der Waals surface area contributed by atoms with Gasteiger partial charge in [-0.15, -0.1) is 0 Å². The molecular weight excluding hydrogens is 190 g/mol. The largest absolute Gasteiger partial charge is 1.00 e. The molecule has 48 valence electrons. The van der Waals surface area contributed by atoms with Gasteiger partial charge in [0.1, 0.15) is 0 Å². The minimum atomic E-state index is -0.201. The first-order chi connectivity index (χ1) is 3.72. The fourth-order valence-electron chi connectivity index (χ4n) is 0.319. The molecule has 0 bridgehead atoms. The molecule has 0 saturated carbocycles. The van der Waals surface area contributed by atoms with Gasteiger partial charge in [-0.1, -0.05) is 6.92 Å². The van der Waals surface area contributed by atoms with Gasteiger partial charge in [-0.3, -0.25) is 10.7 Å². The molecule has 0 heterocycles. The van der Waals surface area contributed by atoms with Crippen molar-refractivity contribution in [2.75, 3.05) is 7.11 Å². The van der Waals surface area contributed by atoms with Crippen LogP contribution in [0.5, 0.6) is 0 Å². The van der Waals surface area contributed by atoms with Crippen molar-refractivity contribution >= 4 is 5.97 Å². The summed E-state index contributed by atoms with van der Waals surface area (Å²) in [5.41, 5.74) is 0. The maximum Gasteiger partial charge on any atom is 1.00 e. The van der Waals surface area contributed by atoms with Crippen molar-refractivity contribution in [2.45, 2.75) is 20.3 Å². The minimum absolute atomic E-state index is 0. The molecule has 0 unspecified atom stereocenters. The van der Waals surface area contributed by atoms with Gasteiger partial charge in [-0.2, -0.15) is 13.3 Å². The van der Waals surface area contributed by atoms with Crippen molar-refractivity contribution in [1.29, 1.82) is 0 Å². The normalized spacial score (nSPS) is 7.44. The summed E-state index contributed by atoms with van der Waals surface area (Å²) in [7, 11) is 1.39. The van der Waals surface area contributed by atoms with Gasteiger partial charge >= 0.3 is 58.2 Å². The predicted molar refractivity (Wildman–Crippen MR) is 31.2 cm³/mol. The predicted octanol–water partition coefficient (Wildman–Crippen LogP) is -1.83. The molecule has 0 aromatic rings. The average Bonchev–Trinajstić information content (AvgIpc) is 1.84. The van der Waals surface area contributed by atoms with Gasteiger partial charge in [-0.05, 0) is 0 Å². The van der Waals surface area contributed by atoms with Crippen LogP contribution in [0.1, 0.15) is 20.3 Å². The molecule has 9 heavy (non-hydrogen) atoms. The number of carbonyl (C=O) groups is 1. The maximum atomic E-state index is 10.5. The van der Waals surface area contributed by atoms with E-state index in [1.165, 1.54) is 7.11 Å². The topological polar surface area (TPSA) is 26.3 Å². The van der Waals surface area contributed by atoms with Crippen molar-refractivity contribution < 1.29 is 67.7 Å². The van der Waals surface area contributed by atoms with E-state index in [1.807, 2.05) is 6.92 Å². The van der Waals surface area contributed by atoms with Crippen LogP contribution in [-0.4, -0.2) is 13.1 Å². The SMILES string of the molecule is CC[C-](C)C(=O)OC.[Rb+]. The third-order valence-corrected chi connectivity index (χ3v) is 1.06. The second-order valence-electron chi connectivity index (χ2n) is 1.63. The monoisotopic (exact) mass is 200 g/mol. The Morgan fingerprint density at radius 1 is 1.67 bits per heavy atom. The van der Waals surface area contributed by atoms with E-state index in [9.17, 15) is 4.79 Å². The summed E-state index contributed by atoms with van der Waals surface area (Å²) in [5, 5.41) is 0. The molecule has 0 spiro atoms. The molecule has 0 aliphatic carbocycles. The van der Waals surface area contributed by atoms with Crippen LogP contribution in [0.15, 0.2) is 0 Å². The van der Waals surface area contributed by atoms with Crippen LogP contribution in [-0.2, 0) is 9.53 Å². The molecule has 0 atom stereocenters. The summed E-state index contributed by atoms with van der Waals surface area (Å²) >= 11 is 0. The zero-order valence-corrected chi connectivity index (χ0v) is 11.4. The molecule has 3 heteroatoms. The van der Waals surface area contributed by atoms with Crippen LogP contribution in [0.3, 0.4) is 0 Å². The third kappa shape index (κ3) is 5.58. The van der Waals surface area contributed by atoms with Crippen LogP contribution in [0, 0.1) is 5.92 Å². The van der Waals surface area contributed by atoms with Gasteiger partial charge in [-0.25, -0.2) is 0 Å². The van der Waals surface area contributed by atoms with Crippen LogP contribution in [0.25, 0.3) is 0 Å². The number of rotatable bonds is 2. The van der Waals surface area contributed by atoms with E-state index >= 15 is 0 Å². The third-order valence-electron chi connectivity index (χ3n) is 1.06. The number of hydrogen-bond donors (Lipinski definition) is 0. The molecule has 0 saturated heterocycles. The number of carbonyl (C=O) groups excluding carboxylic acids is 1. The number of methoxy groups -OCH3 is 1. The van der Waals surface area contributed by atoms with E-state index in [0.29, 0.717) is 0 Å². The zero-order chi connectivity index (χ0) is 6.57. The van der Waals surface area contributed by atoms with Crippen LogP contribution in [0.4, 0.5) is 0 Å². The van der Waals surface area contributed by atoms with Gasteiger partial charge in [0, 0.05) is 0 Å². The maximum absolute atomic E-state index is 10.5. The second-order valence-corrected chi connectivity index (χ2v) is 1.63. The molecule has 0 amide bonds. The quantitative estimate of drug-likeness (QED) is 0.387. The van der Waals surface area contributed by atoms with E-state index in [4.69, 9.17) is 0 Å². The van der Waals surface area contributed by atoms with E-state index in [1.54, 1.807) is 6.92 Å². The van der Waals surface area contributed by atoms with Gasteiger partial charge in [0.2, 0.25) is 0 Å². The van der Waals surface area contributed by atoms with E-state index < -0.39 is 0 Å². The summed E-state index contributed by atoms with van der Waals surface area (Å²) in [6.07, 6.45) is 0.771. The molecule has 0 aromatic carbocycles. The van der Waals surface area contributed by atoms with Crippen molar-refractivity contribution in [3.05, 3.63) is 5.92 Å². The Hall–Kier alpha value is 1.15. The first-order valence-corrected chi connectivity index (χ1v) is 2.63. The fourth-order valence-corrected chi connectivity index (χ4v) is 0.319. The Balaban J connectivity index is 0. The Kier molecular flexibility index (Phi) is 10.3. The molecule has 0 radical (unpaired) electrons.